The van der Waals surface area contributed by atoms with E-state index in [-0.39, 0.29) is 5.79 Å². The maximum Gasteiger partial charge on any atom is 0.168 e. The lowest BCUT2D eigenvalue weighted by Crippen LogP contribution is -2.35. The minimum absolute atomic E-state index is 0.352. The Kier molecular flexibility index (Phi) is 4.60. The molecule has 0 aromatic carbocycles. The molecule has 1 saturated heterocycles. The number of rotatable bonds is 5. The molecule has 2 nitrogen and oxygen atoms in total. The van der Waals surface area contributed by atoms with E-state index < -0.39 is 0 Å². The van der Waals surface area contributed by atoms with Gasteiger partial charge in [-0.3, -0.25) is 0 Å². The largest absolute Gasteiger partial charge is 0.353 e. The first-order chi connectivity index (χ1) is 7.12. The van der Waals surface area contributed by atoms with Crippen molar-refractivity contribution in [1.82, 2.24) is 0 Å². The molecular formula is C13H26O2. The Morgan fingerprint density at radius 2 is 1.87 bits per heavy atom. The Morgan fingerprint density at radius 3 is 2.27 bits per heavy atom. The minimum Gasteiger partial charge on any atom is -0.353 e. The van der Waals surface area contributed by atoms with Crippen molar-refractivity contribution in [3.05, 3.63) is 0 Å². The van der Waals surface area contributed by atoms with Gasteiger partial charge in [0.05, 0.1) is 6.10 Å². The Balaban J connectivity index is 2.80. The Bertz CT molecular complexity index is 193. The van der Waals surface area contributed by atoms with Crippen LogP contribution < -0.4 is 0 Å². The van der Waals surface area contributed by atoms with Crippen molar-refractivity contribution >= 4 is 0 Å². The van der Waals surface area contributed by atoms with Gasteiger partial charge in [0.1, 0.15) is 0 Å². The normalized spacial score (nSPS) is 41.0. The lowest BCUT2D eigenvalue weighted by molar-refractivity contribution is -0.218. The van der Waals surface area contributed by atoms with E-state index >= 15 is 0 Å². The molecular weight excluding hydrogens is 188 g/mol. The summed E-state index contributed by atoms with van der Waals surface area (Å²) in [5.41, 5.74) is 0. The van der Waals surface area contributed by atoms with E-state index in [0.29, 0.717) is 17.9 Å². The van der Waals surface area contributed by atoms with Crippen LogP contribution in [0.3, 0.4) is 0 Å². The molecule has 1 fully saturated rings. The van der Waals surface area contributed by atoms with Gasteiger partial charge in [0.25, 0.3) is 0 Å². The summed E-state index contributed by atoms with van der Waals surface area (Å²) in [4.78, 5) is 0. The van der Waals surface area contributed by atoms with Gasteiger partial charge < -0.3 is 9.47 Å². The molecule has 15 heavy (non-hydrogen) atoms. The first kappa shape index (κ1) is 13.0. The predicted molar refractivity (Wildman–Crippen MR) is 62.8 cm³/mol. The van der Waals surface area contributed by atoms with Crippen LogP contribution >= 0.6 is 0 Å². The second-order valence-corrected chi connectivity index (χ2v) is 4.75. The van der Waals surface area contributed by atoms with E-state index in [9.17, 15) is 0 Å². The number of methoxy groups -OCH3 is 1. The van der Waals surface area contributed by atoms with Crippen LogP contribution in [0.15, 0.2) is 0 Å². The van der Waals surface area contributed by atoms with Crippen molar-refractivity contribution in [2.45, 2.75) is 65.3 Å². The third-order valence-electron chi connectivity index (χ3n) is 3.94. The van der Waals surface area contributed by atoms with Gasteiger partial charge in [0, 0.05) is 13.0 Å². The molecule has 0 N–H and O–H groups in total. The number of hydrogen-bond acceptors (Lipinski definition) is 2. The van der Waals surface area contributed by atoms with Crippen molar-refractivity contribution < 1.29 is 9.47 Å². The van der Waals surface area contributed by atoms with Crippen molar-refractivity contribution in [1.29, 1.82) is 0 Å². The SMILES string of the molecule is CCCC1O[C@](C)(OC)C(CC)[C@H]1CC. The first-order valence-corrected chi connectivity index (χ1v) is 6.35. The van der Waals surface area contributed by atoms with Crippen molar-refractivity contribution in [3.63, 3.8) is 0 Å². The number of ether oxygens (including phenoxy) is 2. The van der Waals surface area contributed by atoms with Crippen molar-refractivity contribution in [3.8, 4) is 0 Å². The fraction of sp³-hybridized carbons (Fsp3) is 1.00. The fourth-order valence-corrected chi connectivity index (χ4v) is 3.10. The smallest absolute Gasteiger partial charge is 0.168 e. The quantitative estimate of drug-likeness (QED) is 0.696. The molecule has 0 radical (unpaired) electrons. The van der Waals surface area contributed by atoms with Crippen LogP contribution in [0, 0.1) is 11.8 Å². The molecule has 0 saturated carbocycles. The topological polar surface area (TPSA) is 18.5 Å². The zero-order valence-corrected chi connectivity index (χ0v) is 10.9. The molecule has 1 aliphatic rings. The molecule has 0 aliphatic carbocycles. The molecule has 90 valence electrons. The van der Waals surface area contributed by atoms with Gasteiger partial charge >= 0.3 is 0 Å². The highest BCUT2D eigenvalue weighted by molar-refractivity contribution is 4.92. The van der Waals surface area contributed by atoms with E-state index in [4.69, 9.17) is 9.47 Å². The summed E-state index contributed by atoms with van der Waals surface area (Å²) in [5, 5.41) is 0. The maximum atomic E-state index is 6.12. The molecule has 0 aromatic heterocycles. The third-order valence-corrected chi connectivity index (χ3v) is 3.94. The maximum absolute atomic E-state index is 6.12. The second kappa shape index (κ2) is 5.31. The molecule has 2 unspecified atom stereocenters. The number of hydrogen-bond donors (Lipinski definition) is 0. The molecule has 0 amide bonds. The van der Waals surface area contributed by atoms with Crippen LogP contribution in [0.4, 0.5) is 0 Å². The molecule has 1 rings (SSSR count). The Hall–Kier alpha value is -0.0800. The molecule has 1 aliphatic heterocycles. The zero-order chi connectivity index (χ0) is 11.5. The van der Waals surface area contributed by atoms with Gasteiger partial charge in [-0.1, -0.05) is 33.6 Å². The first-order valence-electron chi connectivity index (χ1n) is 6.35. The molecule has 0 spiro atoms. The molecule has 0 aromatic rings. The summed E-state index contributed by atoms with van der Waals surface area (Å²) in [6, 6.07) is 0. The van der Waals surface area contributed by atoms with Crippen LogP contribution in [0.1, 0.15) is 53.4 Å². The van der Waals surface area contributed by atoms with Gasteiger partial charge in [0.15, 0.2) is 5.79 Å². The summed E-state index contributed by atoms with van der Waals surface area (Å²) in [6.45, 7) is 8.82. The third kappa shape index (κ3) is 2.36. The van der Waals surface area contributed by atoms with Crippen LogP contribution in [0.25, 0.3) is 0 Å². The van der Waals surface area contributed by atoms with Crippen molar-refractivity contribution in [2.24, 2.45) is 11.8 Å². The van der Waals surface area contributed by atoms with E-state index in [1.165, 1.54) is 12.8 Å². The lowest BCUT2D eigenvalue weighted by atomic mass is 9.81. The van der Waals surface area contributed by atoms with Gasteiger partial charge in [-0.15, -0.1) is 0 Å². The zero-order valence-electron chi connectivity index (χ0n) is 10.9. The summed E-state index contributed by atoms with van der Waals surface area (Å²) < 4.78 is 11.7. The van der Waals surface area contributed by atoms with Gasteiger partial charge in [0.2, 0.25) is 0 Å². The predicted octanol–water partition coefficient (Wildman–Crippen LogP) is 3.60. The highest BCUT2D eigenvalue weighted by Gasteiger charge is 2.50. The van der Waals surface area contributed by atoms with Crippen LogP contribution in [0.2, 0.25) is 0 Å². The van der Waals surface area contributed by atoms with Crippen LogP contribution in [-0.2, 0) is 9.47 Å². The second-order valence-electron chi connectivity index (χ2n) is 4.75. The molecule has 1 heterocycles. The van der Waals surface area contributed by atoms with E-state index in [1.807, 2.05) is 0 Å². The molecule has 2 heteroatoms. The lowest BCUT2D eigenvalue weighted by Gasteiger charge is -2.29. The molecule has 0 bridgehead atoms. The highest BCUT2D eigenvalue weighted by Crippen LogP contribution is 2.45. The minimum atomic E-state index is -0.352. The van der Waals surface area contributed by atoms with Gasteiger partial charge in [-0.05, 0) is 25.7 Å². The Morgan fingerprint density at radius 1 is 1.20 bits per heavy atom. The van der Waals surface area contributed by atoms with E-state index in [0.717, 1.165) is 12.8 Å². The standard InChI is InChI=1S/C13H26O2/c1-6-9-12-10(7-2)11(8-3)13(4,14-5)15-12/h10-12H,6-9H2,1-5H3/t10-,11?,12?,13+/m1/s1. The fourth-order valence-electron chi connectivity index (χ4n) is 3.10. The van der Waals surface area contributed by atoms with Gasteiger partial charge in [-0.2, -0.15) is 0 Å². The monoisotopic (exact) mass is 214 g/mol. The van der Waals surface area contributed by atoms with Crippen LogP contribution in [-0.4, -0.2) is 19.0 Å². The molecule has 4 atom stereocenters. The van der Waals surface area contributed by atoms with E-state index in [1.54, 1.807) is 7.11 Å². The summed E-state index contributed by atoms with van der Waals surface area (Å²) >= 11 is 0. The average Bonchev–Trinajstić information content (AvgIpc) is 2.51. The highest BCUT2D eigenvalue weighted by atomic mass is 16.7. The summed E-state index contributed by atoms with van der Waals surface area (Å²) in [6.07, 6.45) is 5.09. The summed E-state index contributed by atoms with van der Waals surface area (Å²) in [5.74, 6) is 0.860. The van der Waals surface area contributed by atoms with E-state index in [2.05, 4.69) is 27.7 Å². The summed E-state index contributed by atoms with van der Waals surface area (Å²) in [7, 11) is 1.77. The average molecular weight is 214 g/mol. The Labute approximate surface area is 94.3 Å². The van der Waals surface area contributed by atoms with Crippen LogP contribution in [0.5, 0.6) is 0 Å². The van der Waals surface area contributed by atoms with Crippen molar-refractivity contribution in [2.75, 3.05) is 7.11 Å². The van der Waals surface area contributed by atoms with Gasteiger partial charge in [-0.25, -0.2) is 0 Å².